The van der Waals surface area contributed by atoms with Crippen LogP contribution in [0, 0.1) is 0 Å². The predicted octanol–water partition coefficient (Wildman–Crippen LogP) is 1.51. The Morgan fingerprint density at radius 1 is 1.50 bits per heavy atom. The van der Waals surface area contributed by atoms with Crippen molar-refractivity contribution in [2.45, 2.75) is 37.8 Å². The molecule has 2 atom stereocenters. The molecule has 0 amide bonds. The molecule has 2 rings (SSSR count). The van der Waals surface area contributed by atoms with Gasteiger partial charge in [-0.05, 0) is 19.8 Å². The largest absolute Gasteiger partial charge is 0.378 e. The summed E-state index contributed by atoms with van der Waals surface area (Å²) in [6.07, 6.45) is 3.19. The van der Waals surface area contributed by atoms with E-state index in [-0.39, 0.29) is 5.60 Å². The lowest BCUT2D eigenvalue weighted by molar-refractivity contribution is -0.0896. The van der Waals surface area contributed by atoms with Gasteiger partial charge < -0.3 is 19.5 Å². The molecule has 4 nitrogen and oxygen atoms in total. The molecule has 2 unspecified atom stereocenters. The Kier molecular flexibility index (Phi) is 5.18. The fourth-order valence-electron chi connectivity index (χ4n) is 2.65. The van der Waals surface area contributed by atoms with Gasteiger partial charge in [0.25, 0.3) is 0 Å². The Morgan fingerprint density at radius 2 is 2.39 bits per heavy atom. The number of hydrogen-bond acceptors (Lipinski definition) is 4. The average Bonchev–Trinajstić information content (AvgIpc) is 2.76. The minimum Gasteiger partial charge on any atom is -0.378 e. The van der Waals surface area contributed by atoms with Gasteiger partial charge in [0, 0.05) is 32.2 Å². The molecule has 104 valence electrons. The van der Waals surface area contributed by atoms with Gasteiger partial charge in [-0.2, -0.15) is 0 Å². The summed E-state index contributed by atoms with van der Waals surface area (Å²) in [4.78, 5) is 0. The van der Waals surface area contributed by atoms with Gasteiger partial charge in [0.2, 0.25) is 0 Å². The van der Waals surface area contributed by atoms with Crippen LogP contribution in [-0.4, -0.2) is 51.2 Å². The van der Waals surface area contributed by atoms with E-state index in [1.165, 1.54) is 0 Å². The second kappa shape index (κ2) is 6.66. The maximum absolute atomic E-state index is 5.91. The smallest absolute Gasteiger partial charge is 0.0951 e. The highest BCUT2D eigenvalue weighted by molar-refractivity contribution is 4.92. The first-order chi connectivity index (χ1) is 8.70. The van der Waals surface area contributed by atoms with E-state index in [0.29, 0.717) is 12.6 Å². The summed E-state index contributed by atoms with van der Waals surface area (Å²) >= 11 is 0. The summed E-state index contributed by atoms with van der Waals surface area (Å²) in [5.41, 5.74) is 1.07. The highest BCUT2D eigenvalue weighted by atomic mass is 16.6. The zero-order valence-corrected chi connectivity index (χ0v) is 11.4. The zero-order chi connectivity index (χ0) is 12.8. The molecule has 2 aliphatic rings. The van der Waals surface area contributed by atoms with E-state index in [1.807, 2.05) is 6.92 Å². The molecule has 0 aromatic rings. The molecule has 0 saturated carbocycles. The predicted molar refractivity (Wildman–Crippen MR) is 70.8 cm³/mol. The van der Waals surface area contributed by atoms with Crippen molar-refractivity contribution in [1.29, 1.82) is 0 Å². The molecule has 2 aliphatic heterocycles. The van der Waals surface area contributed by atoms with Crippen molar-refractivity contribution in [3.8, 4) is 0 Å². The lowest BCUT2D eigenvalue weighted by Gasteiger charge is -2.37. The van der Waals surface area contributed by atoms with Gasteiger partial charge in [0.1, 0.15) is 0 Å². The van der Waals surface area contributed by atoms with Crippen molar-refractivity contribution < 1.29 is 14.2 Å². The summed E-state index contributed by atoms with van der Waals surface area (Å²) in [6, 6.07) is 0.536. The van der Waals surface area contributed by atoms with Crippen LogP contribution in [0.4, 0.5) is 0 Å². The van der Waals surface area contributed by atoms with E-state index >= 15 is 0 Å². The van der Waals surface area contributed by atoms with Crippen LogP contribution in [0.25, 0.3) is 0 Å². The highest BCUT2D eigenvalue weighted by Crippen LogP contribution is 2.32. The normalized spacial score (nSPS) is 31.9. The highest BCUT2D eigenvalue weighted by Gasteiger charge is 2.40. The second-order valence-corrected chi connectivity index (χ2v) is 5.49. The first kappa shape index (κ1) is 14.0. The number of nitrogens with one attached hydrogen (secondary N) is 1. The SMILES string of the molecule is C=C(C)COCCNC1CCOC2(CCOC2)C1. The molecule has 2 saturated heterocycles. The molecular formula is C14H25NO3. The molecule has 0 aliphatic carbocycles. The molecule has 2 heterocycles. The Morgan fingerprint density at radius 3 is 3.11 bits per heavy atom. The quantitative estimate of drug-likeness (QED) is 0.577. The van der Waals surface area contributed by atoms with Gasteiger partial charge in [-0.3, -0.25) is 0 Å². The van der Waals surface area contributed by atoms with E-state index in [9.17, 15) is 0 Å². The fraction of sp³-hybridized carbons (Fsp3) is 0.857. The maximum atomic E-state index is 5.91. The van der Waals surface area contributed by atoms with Crippen LogP contribution in [0.3, 0.4) is 0 Å². The molecule has 1 spiro atoms. The van der Waals surface area contributed by atoms with Crippen LogP contribution in [-0.2, 0) is 14.2 Å². The van der Waals surface area contributed by atoms with Crippen LogP contribution in [0.2, 0.25) is 0 Å². The summed E-state index contributed by atoms with van der Waals surface area (Å²) in [5.74, 6) is 0. The molecule has 4 heteroatoms. The zero-order valence-electron chi connectivity index (χ0n) is 11.4. The Bertz CT molecular complexity index is 274. The molecule has 2 fully saturated rings. The standard InChI is InChI=1S/C14H25NO3/c1-12(2)10-16-8-5-15-13-3-6-18-14(9-13)4-7-17-11-14/h13,15H,1,3-11H2,2H3. The van der Waals surface area contributed by atoms with Gasteiger partial charge >= 0.3 is 0 Å². The van der Waals surface area contributed by atoms with E-state index in [1.54, 1.807) is 0 Å². The molecule has 0 aromatic carbocycles. The van der Waals surface area contributed by atoms with Crippen LogP contribution >= 0.6 is 0 Å². The van der Waals surface area contributed by atoms with Crippen LogP contribution < -0.4 is 5.32 Å². The molecule has 0 aromatic heterocycles. The van der Waals surface area contributed by atoms with Crippen LogP contribution in [0.1, 0.15) is 26.2 Å². The average molecular weight is 255 g/mol. The number of rotatable bonds is 6. The minimum atomic E-state index is -0.00548. The summed E-state index contributed by atoms with van der Waals surface area (Å²) in [5, 5.41) is 3.56. The molecular weight excluding hydrogens is 230 g/mol. The monoisotopic (exact) mass is 255 g/mol. The summed E-state index contributed by atoms with van der Waals surface area (Å²) < 4.78 is 16.9. The van der Waals surface area contributed by atoms with Gasteiger partial charge in [-0.25, -0.2) is 0 Å². The van der Waals surface area contributed by atoms with Crippen molar-refractivity contribution >= 4 is 0 Å². The second-order valence-electron chi connectivity index (χ2n) is 5.49. The van der Waals surface area contributed by atoms with Crippen molar-refractivity contribution in [3.05, 3.63) is 12.2 Å². The van der Waals surface area contributed by atoms with Gasteiger partial charge in [0.15, 0.2) is 0 Å². The van der Waals surface area contributed by atoms with Gasteiger partial charge in [-0.1, -0.05) is 12.2 Å². The topological polar surface area (TPSA) is 39.7 Å². The summed E-state index contributed by atoms with van der Waals surface area (Å²) in [7, 11) is 0. The molecule has 0 bridgehead atoms. The molecule has 0 radical (unpaired) electrons. The van der Waals surface area contributed by atoms with E-state index in [0.717, 1.165) is 57.8 Å². The third-order valence-corrected chi connectivity index (χ3v) is 3.59. The first-order valence-electron chi connectivity index (χ1n) is 6.87. The van der Waals surface area contributed by atoms with Gasteiger partial charge in [-0.15, -0.1) is 0 Å². The van der Waals surface area contributed by atoms with Crippen molar-refractivity contribution in [2.24, 2.45) is 0 Å². The first-order valence-corrected chi connectivity index (χ1v) is 6.87. The number of hydrogen-bond donors (Lipinski definition) is 1. The third-order valence-electron chi connectivity index (χ3n) is 3.59. The minimum absolute atomic E-state index is 0.00548. The Balaban J connectivity index is 1.62. The summed E-state index contributed by atoms with van der Waals surface area (Å²) in [6.45, 7) is 10.5. The lowest BCUT2D eigenvalue weighted by atomic mass is 9.90. The Hall–Kier alpha value is -0.420. The van der Waals surface area contributed by atoms with Crippen molar-refractivity contribution in [2.75, 3.05) is 39.6 Å². The third kappa shape index (κ3) is 4.05. The molecule has 1 N–H and O–H groups in total. The lowest BCUT2D eigenvalue weighted by Crippen LogP contribution is -2.48. The van der Waals surface area contributed by atoms with Crippen molar-refractivity contribution in [1.82, 2.24) is 5.32 Å². The van der Waals surface area contributed by atoms with Gasteiger partial charge in [0.05, 0.1) is 25.4 Å². The maximum Gasteiger partial charge on any atom is 0.0951 e. The number of ether oxygens (including phenoxy) is 3. The van der Waals surface area contributed by atoms with Crippen LogP contribution in [0.15, 0.2) is 12.2 Å². The Labute approximate surface area is 110 Å². The van der Waals surface area contributed by atoms with E-state index in [2.05, 4.69) is 11.9 Å². The van der Waals surface area contributed by atoms with Crippen molar-refractivity contribution in [3.63, 3.8) is 0 Å². The van der Waals surface area contributed by atoms with Crippen LogP contribution in [0.5, 0.6) is 0 Å². The molecule has 18 heavy (non-hydrogen) atoms. The fourth-order valence-corrected chi connectivity index (χ4v) is 2.65. The van der Waals surface area contributed by atoms with E-state index < -0.39 is 0 Å². The van der Waals surface area contributed by atoms with E-state index in [4.69, 9.17) is 14.2 Å².